The fourth-order valence-corrected chi connectivity index (χ4v) is 1.41. The van der Waals surface area contributed by atoms with Crippen molar-refractivity contribution < 1.29 is 14.8 Å². The third-order valence-electron chi connectivity index (χ3n) is 2.15. The number of benzene rings is 1. The second kappa shape index (κ2) is 3.58. The normalized spacial score (nSPS) is 10.2. The van der Waals surface area contributed by atoms with Crippen LogP contribution in [0, 0.1) is 10.1 Å². The minimum atomic E-state index is -1.16. The second-order valence-corrected chi connectivity index (χ2v) is 3.13. The van der Waals surface area contributed by atoms with E-state index < -0.39 is 10.9 Å². The molecule has 16 heavy (non-hydrogen) atoms. The van der Waals surface area contributed by atoms with E-state index in [1.54, 1.807) is 6.07 Å². The number of rotatable bonds is 2. The summed E-state index contributed by atoms with van der Waals surface area (Å²) in [5.41, 5.74) is 0.189. The fourth-order valence-electron chi connectivity index (χ4n) is 1.41. The topological polar surface area (TPSA) is 93.3 Å². The van der Waals surface area contributed by atoms with Crippen molar-refractivity contribution >= 4 is 22.6 Å². The van der Waals surface area contributed by atoms with Crippen LogP contribution in [-0.4, -0.2) is 21.0 Å². The van der Waals surface area contributed by atoms with Crippen LogP contribution in [0.15, 0.2) is 30.5 Å². The van der Waals surface area contributed by atoms with Gasteiger partial charge in [0.2, 0.25) is 0 Å². The van der Waals surface area contributed by atoms with Gasteiger partial charge in [-0.1, -0.05) is 6.07 Å². The Labute approximate surface area is 89.3 Å². The number of nitro benzene ring substituents is 1. The van der Waals surface area contributed by atoms with E-state index in [9.17, 15) is 14.9 Å². The molecule has 0 aliphatic carbocycles. The quantitative estimate of drug-likeness (QED) is 0.613. The van der Waals surface area contributed by atoms with Gasteiger partial charge in [0.05, 0.1) is 21.4 Å². The molecule has 0 saturated carbocycles. The van der Waals surface area contributed by atoms with Gasteiger partial charge in [-0.2, -0.15) is 0 Å². The Morgan fingerprint density at radius 2 is 2.19 bits per heavy atom. The SMILES string of the molecule is O=C(O)c1cnc2cccc([N+](=O)[O-])c2c1. The third kappa shape index (κ3) is 1.56. The van der Waals surface area contributed by atoms with Crippen LogP contribution < -0.4 is 0 Å². The highest BCUT2D eigenvalue weighted by Crippen LogP contribution is 2.24. The van der Waals surface area contributed by atoms with Crippen molar-refractivity contribution in [2.24, 2.45) is 0 Å². The fraction of sp³-hybridized carbons (Fsp3) is 0. The number of nitro groups is 1. The first-order valence-electron chi connectivity index (χ1n) is 4.36. The van der Waals surface area contributed by atoms with Crippen LogP contribution in [0.2, 0.25) is 0 Å². The number of carboxylic acids is 1. The molecular formula is C10H6N2O4. The minimum Gasteiger partial charge on any atom is -0.478 e. The predicted octanol–water partition coefficient (Wildman–Crippen LogP) is 1.84. The van der Waals surface area contributed by atoms with Crippen LogP contribution in [0.1, 0.15) is 10.4 Å². The number of aromatic nitrogens is 1. The Morgan fingerprint density at radius 1 is 1.44 bits per heavy atom. The largest absolute Gasteiger partial charge is 0.478 e. The number of nitrogens with zero attached hydrogens (tertiary/aromatic N) is 2. The van der Waals surface area contributed by atoms with E-state index in [-0.39, 0.29) is 16.6 Å². The Kier molecular flexibility index (Phi) is 2.24. The maximum atomic E-state index is 10.7. The lowest BCUT2D eigenvalue weighted by molar-refractivity contribution is -0.383. The van der Waals surface area contributed by atoms with Crippen molar-refractivity contribution in [2.45, 2.75) is 0 Å². The molecule has 1 aromatic carbocycles. The lowest BCUT2D eigenvalue weighted by Gasteiger charge is -1.99. The summed E-state index contributed by atoms with van der Waals surface area (Å²) in [4.78, 5) is 24.7. The molecule has 0 aliphatic heterocycles. The van der Waals surface area contributed by atoms with Crippen molar-refractivity contribution in [1.29, 1.82) is 0 Å². The van der Waals surface area contributed by atoms with Crippen molar-refractivity contribution in [3.8, 4) is 0 Å². The summed E-state index contributed by atoms with van der Waals surface area (Å²) in [7, 11) is 0. The standard InChI is InChI=1S/C10H6N2O4/c13-10(14)6-4-7-8(11-5-6)2-1-3-9(7)12(15)16/h1-5H,(H,13,14). The molecule has 0 spiro atoms. The summed E-state index contributed by atoms with van der Waals surface area (Å²) in [5, 5.41) is 19.7. The van der Waals surface area contributed by atoms with Gasteiger partial charge in [0.25, 0.3) is 5.69 Å². The molecule has 2 aromatic rings. The van der Waals surface area contributed by atoms with E-state index in [2.05, 4.69) is 4.98 Å². The first-order valence-corrected chi connectivity index (χ1v) is 4.36. The maximum absolute atomic E-state index is 10.7. The third-order valence-corrected chi connectivity index (χ3v) is 2.15. The lowest BCUT2D eigenvalue weighted by Crippen LogP contribution is -1.98. The summed E-state index contributed by atoms with van der Waals surface area (Å²) in [5.74, 6) is -1.16. The summed E-state index contributed by atoms with van der Waals surface area (Å²) >= 11 is 0. The van der Waals surface area contributed by atoms with Crippen molar-refractivity contribution in [2.75, 3.05) is 0 Å². The van der Waals surface area contributed by atoms with Gasteiger partial charge in [-0.3, -0.25) is 15.1 Å². The number of carbonyl (C=O) groups is 1. The first-order chi connectivity index (χ1) is 7.59. The van der Waals surface area contributed by atoms with Crippen molar-refractivity contribution in [3.05, 3.63) is 46.1 Å². The zero-order valence-electron chi connectivity index (χ0n) is 7.95. The molecule has 6 heteroatoms. The van der Waals surface area contributed by atoms with Gasteiger partial charge in [0.15, 0.2) is 0 Å². The Morgan fingerprint density at radius 3 is 2.81 bits per heavy atom. The molecular weight excluding hydrogens is 212 g/mol. The number of aromatic carboxylic acids is 1. The molecule has 0 fully saturated rings. The van der Waals surface area contributed by atoms with Crippen LogP contribution in [-0.2, 0) is 0 Å². The highest BCUT2D eigenvalue weighted by atomic mass is 16.6. The molecule has 80 valence electrons. The average molecular weight is 218 g/mol. The Bertz CT molecular complexity index is 594. The lowest BCUT2D eigenvalue weighted by atomic mass is 10.1. The maximum Gasteiger partial charge on any atom is 0.337 e. The molecule has 0 radical (unpaired) electrons. The van der Waals surface area contributed by atoms with Crippen molar-refractivity contribution in [1.82, 2.24) is 4.98 Å². The summed E-state index contributed by atoms with van der Waals surface area (Å²) in [6, 6.07) is 5.67. The monoisotopic (exact) mass is 218 g/mol. The summed E-state index contributed by atoms with van der Waals surface area (Å²) in [6.45, 7) is 0. The summed E-state index contributed by atoms with van der Waals surface area (Å²) in [6.07, 6.45) is 1.17. The number of hydrogen-bond acceptors (Lipinski definition) is 4. The van der Waals surface area contributed by atoms with Gasteiger partial charge >= 0.3 is 5.97 Å². The molecule has 2 rings (SSSR count). The van der Waals surface area contributed by atoms with E-state index in [4.69, 9.17) is 5.11 Å². The molecule has 0 atom stereocenters. The van der Waals surface area contributed by atoms with Crippen LogP contribution in [0.4, 0.5) is 5.69 Å². The number of non-ortho nitro benzene ring substituents is 1. The van der Waals surface area contributed by atoms with E-state index in [1.807, 2.05) is 0 Å². The minimum absolute atomic E-state index is 0.0678. The predicted molar refractivity (Wildman–Crippen MR) is 55.4 cm³/mol. The van der Waals surface area contributed by atoms with Crippen LogP contribution in [0.5, 0.6) is 0 Å². The van der Waals surface area contributed by atoms with Gasteiger partial charge in [-0.05, 0) is 12.1 Å². The smallest absolute Gasteiger partial charge is 0.337 e. The number of fused-ring (bicyclic) bond motifs is 1. The van der Waals surface area contributed by atoms with Gasteiger partial charge in [0.1, 0.15) is 0 Å². The van der Waals surface area contributed by atoms with Crippen molar-refractivity contribution in [3.63, 3.8) is 0 Å². The molecule has 6 nitrogen and oxygen atoms in total. The highest BCUT2D eigenvalue weighted by Gasteiger charge is 2.14. The van der Waals surface area contributed by atoms with Crippen LogP contribution in [0.25, 0.3) is 10.9 Å². The zero-order chi connectivity index (χ0) is 11.7. The van der Waals surface area contributed by atoms with Crippen LogP contribution in [0.3, 0.4) is 0 Å². The zero-order valence-corrected chi connectivity index (χ0v) is 7.95. The first kappa shape index (κ1) is 10.0. The second-order valence-electron chi connectivity index (χ2n) is 3.13. The molecule has 1 aromatic heterocycles. The van der Waals surface area contributed by atoms with Gasteiger partial charge in [-0.15, -0.1) is 0 Å². The van der Waals surface area contributed by atoms with E-state index in [0.717, 1.165) is 0 Å². The van der Waals surface area contributed by atoms with Gasteiger partial charge in [-0.25, -0.2) is 4.79 Å². The molecule has 1 heterocycles. The molecule has 0 unspecified atom stereocenters. The van der Waals surface area contributed by atoms with E-state index in [1.165, 1.54) is 24.4 Å². The van der Waals surface area contributed by atoms with Gasteiger partial charge in [0, 0.05) is 12.3 Å². The Balaban J connectivity index is 2.78. The molecule has 0 amide bonds. The molecule has 1 N–H and O–H groups in total. The number of carboxylic acid groups (broad SMARTS) is 1. The summed E-state index contributed by atoms with van der Waals surface area (Å²) < 4.78 is 0. The average Bonchev–Trinajstić information content (AvgIpc) is 2.27. The van der Waals surface area contributed by atoms with Gasteiger partial charge < -0.3 is 5.11 Å². The van der Waals surface area contributed by atoms with E-state index >= 15 is 0 Å². The number of hydrogen-bond donors (Lipinski definition) is 1. The van der Waals surface area contributed by atoms with Crippen LogP contribution >= 0.6 is 0 Å². The molecule has 0 aliphatic rings. The highest BCUT2D eigenvalue weighted by molar-refractivity contribution is 5.95. The number of pyridine rings is 1. The molecule has 0 bridgehead atoms. The van der Waals surface area contributed by atoms with E-state index in [0.29, 0.717) is 5.52 Å². The molecule has 0 saturated heterocycles. The Hall–Kier alpha value is -2.50.